The number of aromatic nitrogens is 1. The van der Waals surface area contributed by atoms with Crippen molar-refractivity contribution in [1.29, 1.82) is 0 Å². The fourth-order valence-corrected chi connectivity index (χ4v) is 5.75. The highest BCUT2D eigenvalue weighted by molar-refractivity contribution is 6.06. The van der Waals surface area contributed by atoms with E-state index in [1.54, 1.807) is 32.9 Å². The molecule has 4 aromatic rings. The first kappa shape index (κ1) is 31.9. The van der Waals surface area contributed by atoms with Crippen molar-refractivity contribution in [2.75, 3.05) is 4.90 Å². The summed E-state index contributed by atoms with van der Waals surface area (Å²) in [4.78, 5) is 59.1. The van der Waals surface area contributed by atoms with Crippen molar-refractivity contribution in [1.82, 2.24) is 15.6 Å². The van der Waals surface area contributed by atoms with Crippen molar-refractivity contribution in [3.8, 4) is 0 Å². The number of carbonyl (C=O) groups is 4. The van der Waals surface area contributed by atoms with E-state index in [0.29, 0.717) is 5.56 Å². The first-order valence-electron chi connectivity index (χ1n) is 15.0. The number of alkyl carbamates (subject to hydrolysis) is 1. The number of pyridine rings is 1. The molecule has 10 nitrogen and oxygen atoms in total. The third-order valence-corrected chi connectivity index (χ3v) is 7.67. The molecule has 2 atom stereocenters. The number of anilines is 1. The van der Waals surface area contributed by atoms with Crippen molar-refractivity contribution >= 4 is 29.7 Å². The topological polar surface area (TPSA) is 138 Å². The minimum Gasteiger partial charge on any atom is -0.480 e. The van der Waals surface area contributed by atoms with Gasteiger partial charge in [0, 0.05) is 12.6 Å². The summed E-state index contributed by atoms with van der Waals surface area (Å²) in [5, 5.41) is 15.8. The molecular formula is C36H36N4O6. The van der Waals surface area contributed by atoms with Gasteiger partial charge in [-0.3, -0.25) is 14.5 Å². The zero-order valence-corrected chi connectivity index (χ0v) is 25.8. The van der Waals surface area contributed by atoms with Crippen molar-refractivity contribution in [2.24, 2.45) is 0 Å². The van der Waals surface area contributed by atoms with Crippen LogP contribution < -0.4 is 15.5 Å². The van der Waals surface area contributed by atoms with E-state index < -0.39 is 53.5 Å². The van der Waals surface area contributed by atoms with Gasteiger partial charge in [0.25, 0.3) is 5.91 Å². The van der Waals surface area contributed by atoms with Crippen LogP contribution >= 0.6 is 0 Å². The SMILES string of the molecule is CC(C)(C)OC(=O)N[C@@H](CC(=O)NC(c1ccccc1)(c1ccccc1)c1ccccc1)C(=O)N1c2ncccc2C[C@H]1C(=O)O. The molecule has 0 spiro atoms. The van der Waals surface area contributed by atoms with E-state index in [1.165, 1.54) is 6.20 Å². The van der Waals surface area contributed by atoms with E-state index in [0.717, 1.165) is 21.6 Å². The Hall–Kier alpha value is -5.51. The summed E-state index contributed by atoms with van der Waals surface area (Å²) in [6.07, 6.45) is 0.0539. The summed E-state index contributed by atoms with van der Waals surface area (Å²) < 4.78 is 5.43. The zero-order chi connectivity index (χ0) is 32.9. The number of aliphatic carboxylic acids is 1. The predicted octanol–water partition coefficient (Wildman–Crippen LogP) is 4.82. The number of carbonyl (C=O) groups excluding carboxylic acids is 3. The molecule has 0 unspecified atom stereocenters. The van der Waals surface area contributed by atoms with Gasteiger partial charge >= 0.3 is 12.1 Å². The number of amides is 3. The van der Waals surface area contributed by atoms with Crippen LogP contribution in [0.4, 0.5) is 10.6 Å². The Bertz CT molecular complexity index is 1610. The van der Waals surface area contributed by atoms with Gasteiger partial charge in [0.1, 0.15) is 29.0 Å². The van der Waals surface area contributed by atoms with Gasteiger partial charge in [0.05, 0.1) is 6.42 Å². The highest BCUT2D eigenvalue weighted by Crippen LogP contribution is 2.37. The second-order valence-electron chi connectivity index (χ2n) is 12.1. The number of benzene rings is 3. The van der Waals surface area contributed by atoms with Crippen molar-refractivity contribution in [3.05, 3.63) is 132 Å². The molecule has 46 heavy (non-hydrogen) atoms. The van der Waals surface area contributed by atoms with E-state index in [2.05, 4.69) is 15.6 Å². The Balaban J connectivity index is 1.55. The van der Waals surface area contributed by atoms with Crippen LogP contribution in [0.5, 0.6) is 0 Å². The first-order chi connectivity index (χ1) is 22.0. The second-order valence-corrected chi connectivity index (χ2v) is 12.1. The lowest BCUT2D eigenvalue weighted by Crippen LogP contribution is -2.56. The summed E-state index contributed by atoms with van der Waals surface area (Å²) in [5.74, 6) is -2.43. The molecule has 1 aliphatic rings. The van der Waals surface area contributed by atoms with Crippen LogP contribution in [0.3, 0.4) is 0 Å². The maximum absolute atomic E-state index is 14.2. The average Bonchev–Trinajstić information content (AvgIpc) is 3.43. The summed E-state index contributed by atoms with van der Waals surface area (Å²) in [6.45, 7) is 5.02. The van der Waals surface area contributed by atoms with Crippen LogP contribution in [-0.2, 0) is 31.1 Å². The average molecular weight is 621 g/mol. The zero-order valence-electron chi connectivity index (χ0n) is 25.8. The van der Waals surface area contributed by atoms with Gasteiger partial charge in [-0.15, -0.1) is 0 Å². The highest BCUT2D eigenvalue weighted by atomic mass is 16.6. The molecular weight excluding hydrogens is 584 g/mol. The summed E-state index contributed by atoms with van der Waals surface area (Å²) in [6, 6.07) is 29.0. The minimum absolute atomic E-state index is 0.0364. The Morgan fingerprint density at radius 1 is 0.848 bits per heavy atom. The van der Waals surface area contributed by atoms with E-state index in [-0.39, 0.29) is 12.2 Å². The fourth-order valence-electron chi connectivity index (χ4n) is 5.75. The van der Waals surface area contributed by atoms with Crippen molar-refractivity contribution < 1.29 is 29.0 Å². The van der Waals surface area contributed by atoms with E-state index in [1.807, 2.05) is 91.0 Å². The molecule has 2 heterocycles. The van der Waals surface area contributed by atoms with E-state index in [9.17, 15) is 24.3 Å². The largest absolute Gasteiger partial charge is 0.480 e. The Labute approximate surface area is 267 Å². The van der Waals surface area contributed by atoms with Crippen molar-refractivity contribution in [2.45, 2.75) is 56.8 Å². The monoisotopic (exact) mass is 620 g/mol. The lowest BCUT2D eigenvalue weighted by molar-refractivity contribution is -0.140. The lowest BCUT2D eigenvalue weighted by atomic mass is 9.77. The second kappa shape index (κ2) is 13.2. The number of nitrogens with zero attached hydrogens (tertiary/aromatic N) is 2. The quantitative estimate of drug-likeness (QED) is 0.228. The van der Waals surface area contributed by atoms with Crippen LogP contribution in [-0.4, -0.2) is 51.7 Å². The van der Waals surface area contributed by atoms with Crippen LogP contribution in [0.2, 0.25) is 0 Å². The third-order valence-electron chi connectivity index (χ3n) is 7.67. The van der Waals surface area contributed by atoms with Gasteiger partial charge in [0.2, 0.25) is 5.91 Å². The number of carboxylic acids is 1. The molecule has 0 radical (unpaired) electrons. The van der Waals surface area contributed by atoms with E-state index >= 15 is 0 Å². The van der Waals surface area contributed by atoms with Gasteiger partial charge < -0.3 is 20.5 Å². The molecule has 0 saturated heterocycles. The molecule has 0 bridgehead atoms. The smallest absolute Gasteiger partial charge is 0.408 e. The number of nitrogens with one attached hydrogen (secondary N) is 2. The normalized spacial score (nSPS) is 14.9. The van der Waals surface area contributed by atoms with Crippen LogP contribution in [0.25, 0.3) is 0 Å². The van der Waals surface area contributed by atoms with Gasteiger partial charge in [-0.2, -0.15) is 0 Å². The molecule has 236 valence electrons. The van der Waals surface area contributed by atoms with E-state index in [4.69, 9.17) is 4.74 Å². The molecule has 0 aliphatic carbocycles. The minimum atomic E-state index is -1.48. The molecule has 3 amide bonds. The van der Waals surface area contributed by atoms with Crippen LogP contribution in [0.15, 0.2) is 109 Å². The first-order valence-corrected chi connectivity index (χ1v) is 15.0. The summed E-state index contributed by atoms with van der Waals surface area (Å²) >= 11 is 0. The number of hydrogen-bond donors (Lipinski definition) is 3. The molecule has 1 aliphatic heterocycles. The van der Waals surface area contributed by atoms with Crippen LogP contribution in [0.1, 0.15) is 49.4 Å². The maximum Gasteiger partial charge on any atom is 0.408 e. The van der Waals surface area contributed by atoms with Gasteiger partial charge in [0.15, 0.2) is 0 Å². The molecule has 3 N–H and O–H groups in total. The maximum atomic E-state index is 14.2. The molecule has 0 saturated carbocycles. The van der Waals surface area contributed by atoms with Crippen LogP contribution in [0, 0.1) is 0 Å². The molecule has 3 aromatic carbocycles. The summed E-state index contributed by atoms with van der Waals surface area (Å²) in [7, 11) is 0. The highest BCUT2D eigenvalue weighted by Gasteiger charge is 2.44. The number of hydrogen-bond acceptors (Lipinski definition) is 6. The Morgan fingerprint density at radius 3 is 1.85 bits per heavy atom. The van der Waals surface area contributed by atoms with Crippen molar-refractivity contribution in [3.63, 3.8) is 0 Å². The molecule has 5 rings (SSSR count). The number of carboxylic acid groups (broad SMARTS) is 1. The standard InChI is InChI=1S/C36H36N4O6/c1-35(2,3)46-34(45)38-28(32(42)40-29(33(43)44)22-24-14-13-21-37-31(24)40)23-30(41)39-36(25-15-7-4-8-16-25,26-17-9-5-10-18-26)27-19-11-6-12-20-27/h4-21,28-29H,22-23H2,1-3H3,(H,38,45)(H,39,41)(H,43,44)/t28-,29-/m0/s1. The van der Waals surface area contributed by atoms with Gasteiger partial charge in [-0.1, -0.05) is 97.1 Å². The number of rotatable bonds is 9. The summed E-state index contributed by atoms with van der Waals surface area (Å²) in [5.41, 5.74) is 0.812. The molecule has 0 fully saturated rings. The molecule has 10 heteroatoms. The number of ether oxygens (including phenoxy) is 1. The fraction of sp³-hybridized carbons (Fsp3) is 0.250. The third kappa shape index (κ3) is 6.76. The Kier molecular flexibility index (Phi) is 9.18. The number of fused-ring (bicyclic) bond motifs is 1. The predicted molar refractivity (Wildman–Crippen MR) is 172 cm³/mol. The van der Waals surface area contributed by atoms with Gasteiger partial charge in [-0.05, 0) is 49.1 Å². The molecule has 1 aromatic heterocycles. The lowest BCUT2D eigenvalue weighted by Gasteiger charge is -2.37. The Morgan fingerprint density at radius 2 is 1.37 bits per heavy atom. The van der Waals surface area contributed by atoms with Gasteiger partial charge in [-0.25, -0.2) is 14.6 Å².